The molecular weight excluding hydrogens is 596 g/mol. The van der Waals surface area contributed by atoms with E-state index in [9.17, 15) is 0 Å². The van der Waals surface area contributed by atoms with Crippen molar-refractivity contribution >= 4 is 11.6 Å². The van der Waals surface area contributed by atoms with Crippen molar-refractivity contribution in [2.24, 2.45) is 0 Å². The molecule has 0 radical (unpaired) electrons. The van der Waals surface area contributed by atoms with Gasteiger partial charge in [0.1, 0.15) is 0 Å². The molecule has 0 rings (SSSR count). The third-order valence-corrected chi connectivity index (χ3v) is 6.24. The van der Waals surface area contributed by atoms with Crippen molar-refractivity contribution in [3.8, 4) is 0 Å². The van der Waals surface area contributed by atoms with Crippen LogP contribution in [0.4, 0.5) is 0 Å². The fraction of sp³-hybridized carbons (Fsp3) is 1.00. The Morgan fingerprint density at radius 1 is 0.250 bits per heavy atom. The van der Waals surface area contributed by atoms with E-state index in [0.29, 0.717) is 145 Å². The van der Waals surface area contributed by atoms with Gasteiger partial charge in [-0.15, -0.1) is 11.6 Å². The Morgan fingerprint density at radius 2 is 0.455 bits per heavy atom. The van der Waals surface area contributed by atoms with E-state index in [2.05, 4.69) is 6.92 Å². The second-order valence-corrected chi connectivity index (χ2v) is 10.3. The van der Waals surface area contributed by atoms with Crippen LogP contribution in [0, 0.1) is 0 Å². The molecule has 0 N–H and O–H groups in total. The summed E-state index contributed by atoms with van der Waals surface area (Å²) in [4.78, 5) is 0. The summed E-state index contributed by atoms with van der Waals surface area (Å²) in [5, 5.41) is 0. The molecular formula is C32H65ClO11. The van der Waals surface area contributed by atoms with Crippen LogP contribution in [0.25, 0.3) is 0 Å². The second-order valence-electron chi connectivity index (χ2n) is 9.90. The lowest BCUT2D eigenvalue weighted by Crippen LogP contribution is -2.15. The van der Waals surface area contributed by atoms with E-state index < -0.39 is 0 Å². The molecule has 0 fully saturated rings. The van der Waals surface area contributed by atoms with Crippen LogP contribution < -0.4 is 0 Å². The van der Waals surface area contributed by atoms with Crippen LogP contribution in [0.1, 0.15) is 58.3 Å². The van der Waals surface area contributed by atoms with Crippen molar-refractivity contribution in [2.75, 3.05) is 151 Å². The first-order valence-electron chi connectivity index (χ1n) is 16.8. The Kier molecular flexibility index (Phi) is 42.7. The first kappa shape index (κ1) is 43.9. The summed E-state index contributed by atoms with van der Waals surface area (Å²) in [6, 6.07) is 0. The molecule has 0 bridgehead atoms. The molecule has 0 aromatic rings. The van der Waals surface area contributed by atoms with Crippen LogP contribution in [-0.2, 0) is 52.1 Å². The van der Waals surface area contributed by atoms with E-state index >= 15 is 0 Å². The zero-order valence-electron chi connectivity index (χ0n) is 27.8. The Labute approximate surface area is 273 Å². The van der Waals surface area contributed by atoms with Crippen LogP contribution in [-0.4, -0.2) is 151 Å². The Bertz CT molecular complexity index is 453. The number of hydrogen-bond acceptors (Lipinski definition) is 11. The monoisotopic (exact) mass is 660 g/mol. The van der Waals surface area contributed by atoms with Crippen molar-refractivity contribution in [2.45, 2.75) is 58.3 Å². The molecule has 12 heteroatoms. The van der Waals surface area contributed by atoms with Gasteiger partial charge in [0.15, 0.2) is 0 Å². The average molecular weight is 661 g/mol. The lowest BCUT2D eigenvalue weighted by Gasteiger charge is -2.09. The average Bonchev–Trinajstić information content (AvgIpc) is 3.04. The number of hydrogen-bond donors (Lipinski definition) is 0. The zero-order chi connectivity index (χ0) is 31.7. The maximum Gasteiger partial charge on any atom is 0.0701 e. The Hall–Kier alpha value is -0.150. The Morgan fingerprint density at radius 3 is 0.705 bits per heavy atom. The SMILES string of the molecule is CCCCCCCCCCOCCOCCOCCOCCOCCOCCOCCOCCOCCOCCOCCCl. The van der Waals surface area contributed by atoms with E-state index in [1.165, 1.54) is 44.9 Å². The molecule has 0 aliphatic carbocycles. The van der Waals surface area contributed by atoms with Crippen molar-refractivity contribution < 1.29 is 52.1 Å². The van der Waals surface area contributed by atoms with Gasteiger partial charge in [-0.1, -0.05) is 51.9 Å². The lowest BCUT2D eigenvalue weighted by molar-refractivity contribution is -0.0274. The van der Waals surface area contributed by atoms with E-state index in [4.69, 9.17) is 63.7 Å². The predicted molar refractivity (Wildman–Crippen MR) is 172 cm³/mol. The van der Waals surface area contributed by atoms with Gasteiger partial charge in [0.2, 0.25) is 0 Å². The molecule has 0 saturated carbocycles. The van der Waals surface area contributed by atoms with E-state index in [1.807, 2.05) is 0 Å². The van der Waals surface area contributed by atoms with Crippen molar-refractivity contribution in [3.63, 3.8) is 0 Å². The van der Waals surface area contributed by atoms with Gasteiger partial charge >= 0.3 is 0 Å². The standard InChI is InChI=1S/C32H65ClO11/c1-2-3-4-5-6-7-8-9-11-34-13-15-36-17-19-38-21-23-40-25-27-42-29-31-44-32-30-43-28-26-41-24-22-39-20-18-37-16-14-35-12-10-33/h2-32H2,1H3. The normalized spacial score (nSPS) is 11.6. The quantitative estimate of drug-likeness (QED) is 0.0682. The van der Waals surface area contributed by atoms with Crippen LogP contribution in [0.15, 0.2) is 0 Å². The predicted octanol–water partition coefficient (Wildman–Crippen LogP) is 4.55. The summed E-state index contributed by atoms with van der Waals surface area (Å²) in [5.41, 5.74) is 0. The van der Waals surface area contributed by atoms with Crippen molar-refractivity contribution in [1.82, 2.24) is 0 Å². The van der Waals surface area contributed by atoms with Gasteiger partial charge in [0.25, 0.3) is 0 Å². The third kappa shape index (κ3) is 41.9. The minimum atomic E-state index is 0.501. The molecule has 11 nitrogen and oxygen atoms in total. The summed E-state index contributed by atoms with van der Waals surface area (Å²) in [6.07, 6.45) is 10.5. The first-order chi connectivity index (χ1) is 21.9. The van der Waals surface area contributed by atoms with Gasteiger partial charge in [-0.05, 0) is 6.42 Å². The molecule has 0 aromatic carbocycles. The molecule has 44 heavy (non-hydrogen) atoms. The smallest absolute Gasteiger partial charge is 0.0701 e. The number of rotatable bonds is 41. The van der Waals surface area contributed by atoms with Gasteiger partial charge in [-0.2, -0.15) is 0 Å². The fourth-order valence-electron chi connectivity index (χ4n) is 3.69. The molecule has 0 amide bonds. The summed E-state index contributed by atoms with van der Waals surface area (Å²) >= 11 is 5.51. The van der Waals surface area contributed by atoms with Crippen LogP contribution in [0.3, 0.4) is 0 Å². The van der Waals surface area contributed by atoms with E-state index in [0.717, 1.165) is 13.0 Å². The molecule has 0 heterocycles. The number of alkyl halides is 1. The molecule has 0 aromatic heterocycles. The highest BCUT2D eigenvalue weighted by Crippen LogP contribution is 2.08. The topological polar surface area (TPSA) is 102 Å². The minimum absolute atomic E-state index is 0.501. The fourth-order valence-corrected chi connectivity index (χ4v) is 3.80. The zero-order valence-corrected chi connectivity index (χ0v) is 28.5. The lowest BCUT2D eigenvalue weighted by atomic mass is 10.1. The van der Waals surface area contributed by atoms with Crippen LogP contribution in [0.5, 0.6) is 0 Å². The summed E-state index contributed by atoms with van der Waals surface area (Å²) in [5.74, 6) is 0.501. The largest absolute Gasteiger partial charge is 0.379 e. The molecule has 0 aliphatic heterocycles. The summed E-state index contributed by atoms with van der Waals surface area (Å²) < 4.78 is 60.0. The molecule has 0 atom stereocenters. The third-order valence-electron chi connectivity index (χ3n) is 6.08. The molecule has 266 valence electrons. The number of unbranched alkanes of at least 4 members (excludes halogenated alkanes) is 7. The highest BCUT2D eigenvalue weighted by molar-refractivity contribution is 6.17. The highest BCUT2D eigenvalue weighted by atomic mass is 35.5. The summed E-state index contributed by atoms with van der Waals surface area (Å²) in [7, 11) is 0. The van der Waals surface area contributed by atoms with Gasteiger partial charge in [0, 0.05) is 12.5 Å². The second kappa shape index (κ2) is 42.9. The molecule has 0 unspecified atom stereocenters. The number of ether oxygens (including phenoxy) is 11. The molecule has 0 saturated heterocycles. The van der Waals surface area contributed by atoms with Crippen molar-refractivity contribution in [1.29, 1.82) is 0 Å². The summed E-state index contributed by atoms with van der Waals surface area (Å²) in [6.45, 7) is 14.5. The van der Waals surface area contributed by atoms with Crippen LogP contribution in [0.2, 0.25) is 0 Å². The molecule has 0 spiro atoms. The van der Waals surface area contributed by atoms with E-state index in [1.54, 1.807) is 0 Å². The van der Waals surface area contributed by atoms with E-state index in [-0.39, 0.29) is 0 Å². The van der Waals surface area contributed by atoms with Gasteiger partial charge in [-0.3, -0.25) is 0 Å². The van der Waals surface area contributed by atoms with Gasteiger partial charge in [-0.25, -0.2) is 0 Å². The highest BCUT2D eigenvalue weighted by Gasteiger charge is 1.97. The van der Waals surface area contributed by atoms with Crippen molar-refractivity contribution in [3.05, 3.63) is 0 Å². The first-order valence-corrected chi connectivity index (χ1v) is 17.4. The Balaban J connectivity index is 3.03. The maximum absolute atomic E-state index is 5.62. The number of halogens is 1. The molecule has 0 aliphatic rings. The maximum atomic E-state index is 5.62. The minimum Gasteiger partial charge on any atom is -0.379 e. The van der Waals surface area contributed by atoms with Gasteiger partial charge < -0.3 is 52.1 Å². The van der Waals surface area contributed by atoms with Crippen LogP contribution >= 0.6 is 11.6 Å². The van der Waals surface area contributed by atoms with Gasteiger partial charge in [0.05, 0.1) is 139 Å².